The smallest absolute Gasteiger partial charge is 0.340 e. The van der Waals surface area contributed by atoms with E-state index < -0.39 is 22.7 Å². The van der Waals surface area contributed by atoms with Crippen molar-refractivity contribution in [1.82, 2.24) is 0 Å². The van der Waals surface area contributed by atoms with Gasteiger partial charge in [-0.3, -0.25) is 4.79 Å². The van der Waals surface area contributed by atoms with Gasteiger partial charge < -0.3 is 18.9 Å². The second kappa shape index (κ2) is 4.14. The lowest BCUT2D eigenvalue weighted by Crippen LogP contribution is -2.55. The van der Waals surface area contributed by atoms with Crippen molar-refractivity contribution >= 4 is 11.9 Å². The van der Waals surface area contributed by atoms with Crippen LogP contribution < -0.4 is 0 Å². The van der Waals surface area contributed by atoms with Gasteiger partial charge in [0.05, 0.1) is 23.4 Å². The van der Waals surface area contributed by atoms with Crippen molar-refractivity contribution in [2.45, 2.75) is 71.1 Å². The molecule has 4 aliphatic heterocycles. The molecule has 6 rings (SSSR count). The molecule has 0 aromatic heterocycles. The minimum Gasteiger partial charge on any atom is -0.459 e. The van der Waals surface area contributed by atoms with Gasteiger partial charge in [-0.2, -0.15) is 0 Å². The zero-order chi connectivity index (χ0) is 18.3. The molecule has 2 saturated carbocycles. The highest BCUT2D eigenvalue weighted by Gasteiger charge is 2.95. The fourth-order valence-electron chi connectivity index (χ4n) is 8.19. The summed E-state index contributed by atoms with van der Waals surface area (Å²) in [4.78, 5) is 25.7. The average molecular weight is 362 g/mol. The number of ether oxygens (including phenoxy) is 4. The van der Waals surface area contributed by atoms with E-state index in [4.69, 9.17) is 18.9 Å². The molecule has 2 aliphatic carbocycles. The summed E-state index contributed by atoms with van der Waals surface area (Å²) in [5.41, 5.74) is -2.05. The molecule has 0 amide bonds. The van der Waals surface area contributed by atoms with Gasteiger partial charge in [-0.25, -0.2) is 4.79 Å². The molecule has 6 nitrogen and oxygen atoms in total. The minimum absolute atomic E-state index is 0.00703. The van der Waals surface area contributed by atoms with Gasteiger partial charge in [-0.1, -0.05) is 27.7 Å². The summed E-state index contributed by atoms with van der Waals surface area (Å²) >= 11 is 0. The minimum atomic E-state index is -1.01. The molecule has 0 radical (unpaired) electrons. The molecule has 142 valence electrons. The molecular formula is C20H26O6. The van der Waals surface area contributed by atoms with Crippen LogP contribution >= 0.6 is 0 Å². The quantitative estimate of drug-likeness (QED) is 0.614. The first kappa shape index (κ1) is 15.9. The summed E-state index contributed by atoms with van der Waals surface area (Å²) in [6.07, 6.45) is 1.00. The third-order valence-corrected chi connectivity index (χ3v) is 8.68. The lowest BCUT2D eigenvalue weighted by atomic mass is 9.53. The van der Waals surface area contributed by atoms with Crippen LogP contribution in [-0.2, 0) is 28.5 Å². The van der Waals surface area contributed by atoms with Gasteiger partial charge >= 0.3 is 11.9 Å². The van der Waals surface area contributed by atoms with Gasteiger partial charge in [-0.15, -0.1) is 0 Å². The Labute approximate surface area is 152 Å². The number of esters is 2. The fraction of sp³-hybridized carbons (Fsp3) is 0.900. The highest BCUT2D eigenvalue weighted by atomic mass is 16.7. The molecule has 0 aromatic rings. The van der Waals surface area contributed by atoms with Crippen LogP contribution in [0.4, 0.5) is 0 Å². The summed E-state index contributed by atoms with van der Waals surface area (Å²) in [7, 11) is 0. The van der Waals surface area contributed by atoms with Crippen LogP contribution in [0.15, 0.2) is 0 Å². The normalized spacial score (nSPS) is 59.1. The third kappa shape index (κ3) is 1.27. The van der Waals surface area contributed by atoms with Crippen LogP contribution in [0.3, 0.4) is 0 Å². The molecule has 6 heteroatoms. The summed E-state index contributed by atoms with van der Waals surface area (Å²) in [5.74, 6) is -0.0471. The van der Waals surface area contributed by atoms with Crippen molar-refractivity contribution in [3.63, 3.8) is 0 Å². The maximum absolute atomic E-state index is 13.3. The summed E-state index contributed by atoms with van der Waals surface area (Å²) in [6, 6.07) is 0. The van der Waals surface area contributed by atoms with Gasteiger partial charge in [0.1, 0.15) is 6.10 Å². The predicted octanol–water partition coefficient (Wildman–Crippen LogP) is 2.05. The first-order valence-corrected chi connectivity index (χ1v) is 9.88. The Morgan fingerprint density at radius 3 is 2.65 bits per heavy atom. The predicted molar refractivity (Wildman–Crippen MR) is 87.6 cm³/mol. The molecule has 0 bridgehead atoms. The molecule has 4 saturated heterocycles. The zero-order valence-electron chi connectivity index (χ0n) is 15.7. The SMILES string of the molecule is C[C@@H]1COC2CC34C5C[C@@H](C(C)(C)C)C36CC(=O)OC6OC4(C(=O)O5)[C@H]21. The van der Waals surface area contributed by atoms with Crippen LogP contribution in [-0.4, -0.2) is 42.6 Å². The number of carbonyl (C=O) groups excluding carboxylic acids is 2. The lowest BCUT2D eigenvalue weighted by molar-refractivity contribution is -0.206. The van der Waals surface area contributed by atoms with E-state index in [1.165, 1.54) is 0 Å². The first-order chi connectivity index (χ1) is 12.2. The number of fused-ring (bicyclic) bond motifs is 1. The third-order valence-electron chi connectivity index (χ3n) is 8.68. The second-order valence-corrected chi connectivity index (χ2v) is 10.5. The van der Waals surface area contributed by atoms with E-state index in [9.17, 15) is 9.59 Å². The Hall–Kier alpha value is -1.14. The number of hydrogen-bond acceptors (Lipinski definition) is 6. The van der Waals surface area contributed by atoms with Crippen LogP contribution in [0.2, 0.25) is 0 Å². The maximum Gasteiger partial charge on any atom is 0.340 e. The van der Waals surface area contributed by atoms with Crippen molar-refractivity contribution in [2.24, 2.45) is 34.0 Å². The highest BCUT2D eigenvalue weighted by Crippen LogP contribution is 2.83. The maximum atomic E-state index is 13.3. The Morgan fingerprint density at radius 2 is 1.92 bits per heavy atom. The van der Waals surface area contributed by atoms with Crippen molar-refractivity contribution in [3.05, 3.63) is 0 Å². The van der Waals surface area contributed by atoms with Gasteiger partial charge in [0.2, 0.25) is 6.29 Å². The molecule has 6 aliphatic rings. The van der Waals surface area contributed by atoms with E-state index >= 15 is 0 Å². The van der Waals surface area contributed by atoms with Gasteiger partial charge in [-0.05, 0) is 30.1 Å². The summed E-state index contributed by atoms with van der Waals surface area (Å²) in [5, 5.41) is 0. The summed E-state index contributed by atoms with van der Waals surface area (Å²) in [6.45, 7) is 9.40. The Morgan fingerprint density at radius 1 is 1.15 bits per heavy atom. The topological polar surface area (TPSA) is 71.1 Å². The van der Waals surface area contributed by atoms with Crippen molar-refractivity contribution < 1.29 is 28.5 Å². The number of rotatable bonds is 0. The number of carbonyl (C=O) groups is 2. The molecule has 0 aromatic carbocycles. The van der Waals surface area contributed by atoms with Gasteiger partial charge in [0.15, 0.2) is 5.60 Å². The van der Waals surface area contributed by atoms with Crippen molar-refractivity contribution in [3.8, 4) is 0 Å². The zero-order valence-corrected chi connectivity index (χ0v) is 15.7. The largest absolute Gasteiger partial charge is 0.459 e. The van der Waals surface area contributed by atoms with Crippen LogP contribution in [0.25, 0.3) is 0 Å². The van der Waals surface area contributed by atoms with Crippen LogP contribution in [0.1, 0.15) is 47.0 Å². The van der Waals surface area contributed by atoms with E-state index in [-0.39, 0.29) is 47.3 Å². The molecule has 2 spiro atoms. The first-order valence-electron chi connectivity index (χ1n) is 9.88. The van der Waals surface area contributed by atoms with Gasteiger partial charge in [0.25, 0.3) is 0 Å². The molecule has 6 fully saturated rings. The molecule has 9 atom stereocenters. The Balaban J connectivity index is 1.63. The lowest BCUT2D eigenvalue weighted by Gasteiger charge is -2.44. The van der Waals surface area contributed by atoms with Crippen LogP contribution in [0, 0.1) is 34.0 Å². The average Bonchev–Trinajstić information content (AvgIpc) is 3.25. The van der Waals surface area contributed by atoms with E-state index in [1.54, 1.807) is 0 Å². The Bertz CT molecular complexity index is 741. The molecular weight excluding hydrogens is 336 g/mol. The van der Waals surface area contributed by atoms with Crippen molar-refractivity contribution in [2.75, 3.05) is 6.61 Å². The van der Waals surface area contributed by atoms with E-state index in [0.29, 0.717) is 13.0 Å². The highest BCUT2D eigenvalue weighted by molar-refractivity contribution is 5.88. The number of hydrogen-bond donors (Lipinski definition) is 0. The molecule has 26 heavy (non-hydrogen) atoms. The van der Waals surface area contributed by atoms with E-state index in [0.717, 1.165) is 12.8 Å². The monoisotopic (exact) mass is 362 g/mol. The summed E-state index contributed by atoms with van der Waals surface area (Å²) < 4.78 is 24.4. The van der Waals surface area contributed by atoms with Crippen molar-refractivity contribution in [1.29, 1.82) is 0 Å². The molecule has 6 unspecified atom stereocenters. The van der Waals surface area contributed by atoms with E-state index in [1.807, 2.05) is 0 Å². The Kier molecular flexibility index (Phi) is 2.53. The second-order valence-electron chi connectivity index (χ2n) is 10.5. The standard InChI is InChI=1S/C20H26O6/c1-9-8-23-10-6-19-12-5-11(17(2,3)4)18(19)7-13(21)25-16(18)26-20(19,14(9)10)15(22)24-12/h9-12,14,16H,5-8H2,1-4H3/t9-,10?,11+,12?,14+,16?,18?,19?,20?/m1/s1. The van der Waals surface area contributed by atoms with Gasteiger partial charge in [0, 0.05) is 12.5 Å². The van der Waals surface area contributed by atoms with Crippen LogP contribution in [0.5, 0.6) is 0 Å². The molecule has 0 N–H and O–H groups in total. The fourth-order valence-corrected chi connectivity index (χ4v) is 8.19. The van der Waals surface area contributed by atoms with E-state index in [2.05, 4.69) is 27.7 Å². The molecule has 4 heterocycles.